The number of para-hydroxylation sites is 1. The zero-order valence-electron chi connectivity index (χ0n) is 14.0. The van der Waals surface area contributed by atoms with E-state index in [1.54, 1.807) is 23.1 Å². The molecule has 0 spiro atoms. The van der Waals surface area contributed by atoms with Crippen molar-refractivity contribution in [3.8, 4) is 0 Å². The van der Waals surface area contributed by atoms with E-state index in [-0.39, 0.29) is 11.6 Å². The second kappa shape index (κ2) is 6.85. The van der Waals surface area contributed by atoms with Crippen LogP contribution >= 0.6 is 15.9 Å². The number of non-ortho nitro benzene ring substituents is 1. The first-order valence-electron chi connectivity index (χ1n) is 8.23. The Morgan fingerprint density at radius 2 is 1.74 bits per heavy atom. The van der Waals surface area contributed by atoms with Gasteiger partial charge in [0.25, 0.3) is 11.6 Å². The van der Waals surface area contributed by atoms with E-state index in [0.29, 0.717) is 22.5 Å². The van der Waals surface area contributed by atoms with Gasteiger partial charge in [0.1, 0.15) is 6.17 Å². The van der Waals surface area contributed by atoms with Gasteiger partial charge in [0.15, 0.2) is 0 Å². The lowest BCUT2D eigenvalue weighted by atomic mass is 10.0. The van der Waals surface area contributed by atoms with Gasteiger partial charge in [-0.05, 0) is 36.4 Å². The molecule has 3 aromatic rings. The first kappa shape index (κ1) is 17.2. The van der Waals surface area contributed by atoms with Crippen LogP contribution in [0.4, 0.5) is 17.1 Å². The number of halogens is 1. The van der Waals surface area contributed by atoms with Gasteiger partial charge in [0.05, 0.1) is 10.5 Å². The van der Waals surface area contributed by atoms with Crippen LogP contribution in [0, 0.1) is 10.1 Å². The highest BCUT2D eigenvalue weighted by Gasteiger charge is 2.34. The fourth-order valence-corrected chi connectivity index (χ4v) is 3.43. The van der Waals surface area contributed by atoms with Crippen molar-refractivity contribution in [3.63, 3.8) is 0 Å². The Morgan fingerprint density at radius 3 is 2.48 bits per heavy atom. The number of amides is 1. The Labute approximate surface area is 163 Å². The minimum absolute atomic E-state index is 0.0173. The number of carbonyl (C=O) groups excluding carboxylic acids is 1. The number of hydrogen-bond donors (Lipinski definition) is 1. The highest BCUT2D eigenvalue weighted by molar-refractivity contribution is 9.10. The number of nitrogens with zero attached hydrogens (tertiary/aromatic N) is 2. The van der Waals surface area contributed by atoms with Crippen LogP contribution in [0.5, 0.6) is 0 Å². The van der Waals surface area contributed by atoms with Gasteiger partial charge in [0, 0.05) is 33.5 Å². The van der Waals surface area contributed by atoms with Gasteiger partial charge in [0.2, 0.25) is 0 Å². The molecule has 0 aliphatic carbocycles. The van der Waals surface area contributed by atoms with E-state index < -0.39 is 11.1 Å². The number of fused-ring (bicyclic) bond motifs is 1. The summed E-state index contributed by atoms with van der Waals surface area (Å²) in [7, 11) is 0. The van der Waals surface area contributed by atoms with Gasteiger partial charge in [-0.3, -0.25) is 19.8 Å². The van der Waals surface area contributed by atoms with E-state index in [1.807, 2.05) is 42.5 Å². The summed E-state index contributed by atoms with van der Waals surface area (Å²) in [4.78, 5) is 25.6. The van der Waals surface area contributed by atoms with Crippen molar-refractivity contribution in [2.45, 2.75) is 6.17 Å². The van der Waals surface area contributed by atoms with Crippen LogP contribution < -0.4 is 10.2 Å². The molecule has 1 heterocycles. The van der Waals surface area contributed by atoms with Crippen molar-refractivity contribution in [2.75, 3.05) is 10.2 Å². The van der Waals surface area contributed by atoms with E-state index in [9.17, 15) is 14.9 Å². The van der Waals surface area contributed by atoms with E-state index in [2.05, 4.69) is 21.2 Å². The van der Waals surface area contributed by atoms with Gasteiger partial charge < -0.3 is 5.32 Å². The maximum atomic E-state index is 13.2. The molecule has 1 aliphatic rings. The second-order valence-corrected chi connectivity index (χ2v) is 7.01. The molecule has 27 heavy (non-hydrogen) atoms. The zero-order valence-corrected chi connectivity index (χ0v) is 15.6. The minimum atomic E-state index is -0.562. The van der Waals surface area contributed by atoms with Crippen LogP contribution in [0.2, 0.25) is 0 Å². The molecule has 0 aromatic heterocycles. The van der Waals surface area contributed by atoms with Crippen LogP contribution in [0.3, 0.4) is 0 Å². The molecule has 6 nitrogen and oxygen atoms in total. The average molecular weight is 424 g/mol. The Hall–Kier alpha value is -3.19. The largest absolute Gasteiger partial charge is 0.360 e. The summed E-state index contributed by atoms with van der Waals surface area (Å²) < 4.78 is 0.899. The molecule has 134 valence electrons. The Kier molecular flexibility index (Phi) is 4.37. The fourth-order valence-electron chi connectivity index (χ4n) is 3.16. The molecular formula is C20H14BrN3O3. The Bertz CT molecular complexity index is 1040. The molecule has 4 rings (SSSR count). The fraction of sp³-hybridized carbons (Fsp3) is 0.0500. The lowest BCUT2D eigenvalue weighted by Crippen LogP contribution is -2.43. The van der Waals surface area contributed by atoms with E-state index >= 15 is 0 Å². The highest BCUT2D eigenvalue weighted by atomic mass is 79.9. The Balaban J connectivity index is 1.86. The molecule has 0 saturated heterocycles. The van der Waals surface area contributed by atoms with Gasteiger partial charge in [-0.1, -0.05) is 40.2 Å². The van der Waals surface area contributed by atoms with E-state index in [1.165, 1.54) is 12.1 Å². The average Bonchev–Trinajstić information content (AvgIpc) is 2.69. The SMILES string of the molecule is O=C1c2ccccc2N[C@H](c2cccc([N+](=O)[O-])c2)N1c1ccc(Br)cc1. The third kappa shape index (κ3) is 3.17. The van der Waals surface area contributed by atoms with Crippen molar-refractivity contribution >= 4 is 38.9 Å². The molecule has 1 atom stereocenters. The van der Waals surface area contributed by atoms with Crippen LogP contribution in [-0.4, -0.2) is 10.8 Å². The number of nitro benzene ring substituents is 1. The molecule has 0 fully saturated rings. The predicted octanol–water partition coefficient (Wildman–Crippen LogP) is 5.13. The van der Waals surface area contributed by atoms with E-state index in [4.69, 9.17) is 0 Å². The van der Waals surface area contributed by atoms with Crippen LogP contribution in [0.1, 0.15) is 22.1 Å². The van der Waals surface area contributed by atoms with Crippen molar-refractivity contribution in [1.29, 1.82) is 0 Å². The quantitative estimate of drug-likeness (QED) is 0.467. The number of hydrogen-bond acceptors (Lipinski definition) is 4. The molecule has 0 unspecified atom stereocenters. The van der Waals surface area contributed by atoms with Gasteiger partial charge in [-0.15, -0.1) is 0 Å². The summed E-state index contributed by atoms with van der Waals surface area (Å²) in [6, 6.07) is 21.0. The summed E-state index contributed by atoms with van der Waals surface area (Å²) in [6.07, 6.45) is -0.562. The molecule has 0 saturated carbocycles. The number of carbonyl (C=O) groups is 1. The third-order valence-corrected chi connectivity index (χ3v) is 4.96. The highest BCUT2D eigenvalue weighted by Crippen LogP contribution is 2.37. The van der Waals surface area contributed by atoms with Gasteiger partial charge in [-0.25, -0.2) is 0 Å². The number of anilines is 2. The molecule has 1 amide bonds. The maximum absolute atomic E-state index is 13.2. The molecule has 3 aromatic carbocycles. The lowest BCUT2D eigenvalue weighted by Gasteiger charge is -2.38. The molecule has 1 aliphatic heterocycles. The first-order valence-corrected chi connectivity index (χ1v) is 9.03. The third-order valence-electron chi connectivity index (χ3n) is 4.43. The topological polar surface area (TPSA) is 75.5 Å². The minimum Gasteiger partial charge on any atom is -0.360 e. The standard InChI is InChI=1S/C20H14BrN3O3/c21-14-8-10-15(11-9-14)23-19(13-4-3-5-16(12-13)24(26)27)22-18-7-2-1-6-17(18)20(23)25/h1-12,19,22H/t19-/m0/s1. The molecule has 7 heteroatoms. The van der Waals surface area contributed by atoms with Crippen molar-refractivity contribution in [2.24, 2.45) is 0 Å². The Morgan fingerprint density at radius 1 is 1.00 bits per heavy atom. The summed E-state index contributed by atoms with van der Waals surface area (Å²) in [5.74, 6) is -0.164. The second-order valence-electron chi connectivity index (χ2n) is 6.10. The van der Waals surface area contributed by atoms with Crippen molar-refractivity contribution in [3.05, 3.63) is 98.5 Å². The smallest absolute Gasteiger partial charge is 0.269 e. The molecule has 0 radical (unpaired) electrons. The molecule has 0 bridgehead atoms. The lowest BCUT2D eigenvalue weighted by molar-refractivity contribution is -0.384. The monoisotopic (exact) mass is 423 g/mol. The van der Waals surface area contributed by atoms with Gasteiger partial charge >= 0.3 is 0 Å². The van der Waals surface area contributed by atoms with Crippen LogP contribution in [0.15, 0.2) is 77.3 Å². The van der Waals surface area contributed by atoms with Crippen molar-refractivity contribution in [1.82, 2.24) is 0 Å². The summed E-state index contributed by atoms with van der Waals surface area (Å²) in [6.45, 7) is 0. The number of rotatable bonds is 3. The van der Waals surface area contributed by atoms with Crippen LogP contribution in [0.25, 0.3) is 0 Å². The predicted molar refractivity (Wildman–Crippen MR) is 107 cm³/mol. The molecule has 1 N–H and O–H groups in total. The molecular weight excluding hydrogens is 410 g/mol. The number of benzene rings is 3. The summed E-state index contributed by atoms with van der Waals surface area (Å²) >= 11 is 3.40. The van der Waals surface area contributed by atoms with Gasteiger partial charge in [-0.2, -0.15) is 0 Å². The van der Waals surface area contributed by atoms with Crippen molar-refractivity contribution < 1.29 is 9.72 Å². The number of nitrogens with one attached hydrogen (secondary N) is 1. The van der Waals surface area contributed by atoms with Crippen LogP contribution in [-0.2, 0) is 0 Å². The maximum Gasteiger partial charge on any atom is 0.269 e. The summed E-state index contributed by atoms with van der Waals surface area (Å²) in [5, 5.41) is 14.5. The number of nitro groups is 1. The summed E-state index contributed by atoms with van der Waals surface area (Å²) in [5.41, 5.74) is 2.57. The normalized spacial score (nSPS) is 15.8. The van der Waals surface area contributed by atoms with E-state index in [0.717, 1.165) is 4.47 Å². The zero-order chi connectivity index (χ0) is 19.0. The first-order chi connectivity index (χ1) is 13.0.